The molecule has 0 spiro atoms. The third-order valence-corrected chi connectivity index (χ3v) is 9.27. The minimum Gasteiger partial charge on any atom is -0.331 e. The van der Waals surface area contributed by atoms with Crippen molar-refractivity contribution >= 4 is 45.2 Å². The molecule has 0 bridgehead atoms. The Hall–Kier alpha value is -3.00. The average molecular weight is 581 g/mol. The van der Waals surface area contributed by atoms with Gasteiger partial charge < -0.3 is 9.80 Å². The van der Waals surface area contributed by atoms with Gasteiger partial charge in [-0.15, -0.1) is 9.19 Å². The Morgan fingerprint density at radius 1 is 1.16 bits per heavy atom. The Balaban J connectivity index is 1.42. The Morgan fingerprint density at radius 3 is 2.58 bits per heavy atom. The van der Waals surface area contributed by atoms with Crippen LogP contribution in [0, 0.1) is 0 Å². The van der Waals surface area contributed by atoms with Gasteiger partial charge in [0.1, 0.15) is 12.0 Å². The van der Waals surface area contributed by atoms with Gasteiger partial charge in [0, 0.05) is 44.2 Å². The molecule has 2 atom stereocenters. The monoisotopic (exact) mass is 580 g/mol. The predicted octanol–water partition coefficient (Wildman–Crippen LogP) is 2.24. The van der Waals surface area contributed by atoms with E-state index in [9.17, 15) is 18.0 Å². The highest BCUT2D eigenvalue weighted by molar-refractivity contribution is 7.87. The molecular formula is C23H26Cl2N8O4S. The van der Waals surface area contributed by atoms with E-state index in [1.165, 1.54) is 14.1 Å². The van der Waals surface area contributed by atoms with Crippen LogP contribution in [0.4, 0.5) is 0 Å². The van der Waals surface area contributed by atoms with Crippen LogP contribution in [-0.2, 0) is 29.7 Å². The van der Waals surface area contributed by atoms with Crippen LogP contribution < -0.4 is 0 Å². The molecule has 2 aliphatic rings. The van der Waals surface area contributed by atoms with Crippen molar-refractivity contribution in [1.82, 2.24) is 38.1 Å². The summed E-state index contributed by atoms with van der Waals surface area (Å²) in [6.07, 6.45) is 1.62. The van der Waals surface area contributed by atoms with Crippen LogP contribution in [-0.4, -0.2) is 85.0 Å². The molecule has 0 fully saturated rings. The van der Waals surface area contributed by atoms with E-state index in [-0.39, 0.29) is 30.2 Å². The Labute approximate surface area is 229 Å². The Kier molecular flexibility index (Phi) is 6.74. The van der Waals surface area contributed by atoms with E-state index >= 15 is 0 Å². The number of amides is 2. The lowest BCUT2D eigenvalue weighted by Crippen LogP contribution is -2.45. The molecule has 0 radical (unpaired) electrons. The maximum absolute atomic E-state index is 13.7. The summed E-state index contributed by atoms with van der Waals surface area (Å²) in [7, 11) is -1.03. The van der Waals surface area contributed by atoms with Gasteiger partial charge in [-0.3, -0.25) is 14.3 Å². The van der Waals surface area contributed by atoms with E-state index in [4.69, 9.17) is 23.2 Å². The van der Waals surface area contributed by atoms with Crippen molar-refractivity contribution in [1.29, 1.82) is 0 Å². The summed E-state index contributed by atoms with van der Waals surface area (Å²) in [5.74, 6) is -0.288. The zero-order chi connectivity index (χ0) is 27.5. The minimum absolute atomic E-state index is 0.140. The zero-order valence-corrected chi connectivity index (χ0v) is 23.5. The summed E-state index contributed by atoms with van der Waals surface area (Å²) >= 11 is 12.2. The standard InChI is InChI=1S/C23H26Cl2N8O4S/c1-13-9-19-16(11-31(13)22(34)15-5-6-17(24)18(25)10-15)20-23(35)30(7-8-32(20)27-19)14(2)21-26-12-33(28-21)38(36,37)29(3)4/h5-6,10,12-14H,7-9,11H2,1-4H3/t13-,14?/m1/s1. The Bertz CT molecular complexity index is 1550. The number of nitrogens with zero attached hydrogens (tertiary/aromatic N) is 8. The number of rotatable bonds is 5. The zero-order valence-electron chi connectivity index (χ0n) is 21.2. The van der Waals surface area contributed by atoms with Gasteiger partial charge >= 0.3 is 10.2 Å². The first kappa shape index (κ1) is 26.6. The van der Waals surface area contributed by atoms with Gasteiger partial charge in [0.2, 0.25) is 0 Å². The third kappa shape index (κ3) is 4.36. The van der Waals surface area contributed by atoms with Crippen molar-refractivity contribution in [2.24, 2.45) is 0 Å². The van der Waals surface area contributed by atoms with Crippen molar-refractivity contribution in [3.63, 3.8) is 0 Å². The highest BCUT2D eigenvalue weighted by Gasteiger charge is 2.39. The molecule has 2 aliphatic heterocycles. The van der Waals surface area contributed by atoms with E-state index < -0.39 is 16.3 Å². The largest absolute Gasteiger partial charge is 0.331 e. The maximum Gasteiger partial charge on any atom is 0.323 e. The predicted molar refractivity (Wildman–Crippen MR) is 139 cm³/mol. The fourth-order valence-electron chi connectivity index (χ4n) is 4.74. The molecule has 38 heavy (non-hydrogen) atoms. The Morgan fingerprint density at radius 2 is 1.89 bits per heavy atom. The van der Waals surface area contributed by atoms with Crippen molar-refractivity contribution in [2.45, 2.75) is 45.4 Å². The molecule has 0 aliphatic carbocycles. The summed E-state index contributed by atoms with van der Waals surface area (Å²) in [6.45, 7) is 4.71. The van der Waals surface area contributed by atoms with Crippen LogP contribution in [0.1, 0.15) is 57.8 Å². The number of fused-ring (bicyclic) bond motifs is 3. The van der Waals surface area contributed by atoms with Crippen molar-refractivity contribution in [3.8, 4) is 0 Å². The number of carbonyl (C=O) groups excluding carboxylic acids is 2. The number of benzene rings is 1. The van der Waals surface area contributed by atoms with Crippen molar-refractivity contribution in [2.75, 3.05) is 20.6 Å². The summed E-state index contributed by atoms with van der Waals surface area (Å²) in [4.78, 5) is 34.6. The summed E-state index contributed by atoms with van der Waals surface area (Å²) < 4.78 is 28.3. The van der Waals surface area contributed by atoms with E-state index in [0.717, 1.165) is 20.4 Å². The SMILES string of the molecule is CC(c1ncn(S(=O)(=O)N(C)C)n1)N1CCn2nc3c(c2C1=O)CN(C(=O)c1ccc(Cl)c(Cl)c1)[C@H](C)C3. The van der Waals surface area contributed by atoms with Gasteiger partial charge in [-0.1, -0.05) is 23.2 Å². The molecule has 202 valence electrons. The highest BCUT2D eigenvalue weighted by atomic mass is 35.5. The topological polar surface area (TPSA) is 127 Å². The first-order valence-corrected chi connectivity index (χ1v) is 14.1. The van der Waals surface area contributed by atoms with Gasteiger partial charge in [-0.2, -0.15) is 17.8 Å². The lowest BCUT2D eigenvalue weighted by atomic mass is 9.97. The molecule has 1 unspecified atom stereocenters. The van der Waals surface area contributed by atoms with Gasteiger partial charge in [-0.25, -0.2) is 4.98 Å². The highest BCUT2D eigenvalue weighted by Crippen LogP contribution is 2.32. The molecule has 15 heteroatoms. The fraction of sp³-hybridized carbons (Fsp3) is 0.435. The number of carbonyl (C=O) groups is 2. The van der Waals surface area contributed by atoms with E-state index in [1.807, 2.05) is 6.92 Å². The van der Waals surface area contributed by atoms with Crippen LogP contribution in [0.25, 0.3) is 0 Å². The van der Waals surface area contributed by atoms with E-state index in [2.05, 4.69) is 15.2 Å². The van der Waals surface area contributed by atoms with Gasteiger partial charge in [0.15, 0.2) is 5.82 Å². The summed E-state index contributed by atoms with van der Waals surface area (Å²) in [6, 6.07) is 4.03. The van der Waals surface area contributed by atoms with Crippen LogP contribution in [0.15, 0.2) is 24.5 Å². The van der Waals surface area contributed by atoms with E-state index in [1.54, 1.807) is 39.6 Å². The minimum atomic E-state index is -3.83. The van der Waals surface area contributed by atoms with Gasteiger partial charge in [0.25, 0.3) is 11.8 Å². The van der Waals surface area contributed by atoms with E-state index in [0.29, 0.717) is 46.4 Å². The molecule has 0 saturated carbocycles. The maximum atomic E-state index is 13.7. The lowest BCUT2D eigenvalue weighted by molar-refractivity contribution is 0.0599. The second-order valence-corrected chi connectivity index (χ2v) is 12.4. The first-order chi connectivity index (χ1) is 17.9. The smallest absolute Gasteiger partial charge is 0.323 e. The normalized spacial score (nSPS) is 18.5. The van der Waals surface area contributed by atoms with Gasteiger partial charge in [0.05, 0.1) is 34.9 Å². The average Bonchev–Trinajstić information content (AvgIpc) is 3.50. The first-order valence-electron chi connectivity index (χ1n) is 11.9. The second kappa shape index (κ2) is 9.63. The summed E-state index contributed by atoms with van der Waals surface area (Å²) in [5.41, 5.74) is 2.31. The molecule has 2 aromatic heterocycles. The number of hydrogen-bond acceptors (Lipinski definition) is 7. The van der Waals surface area contributed by atoms with Crippen LogP contribution in [0.3, 0.4) is 0 Å². The molecular weight excluding hydrogens is 555 g/mol. The molecule has 0 N–H and O–H groups in total. The van der Waals surface area contributed by atoms with Gasteiger partial charge in [-0.05, 0) is 32.0 Å². The third-order valence-electron chi connectivity index (χ3n) is 6.96. The number of hydrogen-bond donors (Lipinski definition) is 0. The molecule has 2 amide bonds. The molecule has 0 saturated heterocycles. The number of halogens is 2. The molecule has 5 rings (SSSR count). The van der Waals surface area contributed by atoms with Crippen LogP contribution in [0.5, 0.6) is 0 Å². The molecule has 3 aromatic rings. The van der Waals surface area contributed by atoms with Crippen molar-refractivity contribution < 1.29 is 18.0 Å². The fourth-order valence-corrected chi connectivity index (χ4v) is 5.73. The summed E-state index contributed by atoms with van der Waals surface area (Å²) in [5, 5.41) is 9.46. The van der Waals surface area contributed by atoms with Crippen molar-refractivity contribution in [3.05, 3.63) is 62.9 Å². The molecule has 4 heterocycles. The molecule has 12 nitrogen and oxygen atoms in total. The molecule has 1 aromatic carbocycles. The lowest BCUT2D eigenvalue weighted by Gasteiger charge is -2.35. The van der Waals surface area contributed by atoms with Crippen LogP contribution >= 0.6 is 23.2 Å². The second-order valence-electron chi connectivity index (χ2n) is 9.55. The van der Waals surface area contributed by atoms with Crippen LogP contribution in [0.2, 0.25) is 10.0 Å². The quantitative estimate of drug-likeness (QED) is 0.452. The number of aromatic nitrogens is 5.